The van der Waals surface area contributed by atoms with Gasteiger partial charge in [0.25, 0.3) is 0 Å². The number of nitrogen functional groups attached to an aromatic ring is 1. The lowest BCUT2D eigenvalue weighted by molar-refractivity contribution is 0.302. The topological polar surface area (TPSA) is 44.5 Å². The van der Waals surface area contributed by atoms with E-state index >= 15 is 0 Å². The van der Waals surface area contributed by atoms with Crippen molar-refractivity contribution in [1.29, 1.82) is 0 Å². The summed E-state index contributed by atoms with van der Waals surface area (Å²) >= 11 is 0. The molecule has 0 aliphatic heterocycles. The molecular weight excluding hydrogens is 190 g/mol. The van der Waals surface area contributed by atoms with Gasteiger partial charge in [-0.3, -0.25) is 0 Å². The average molecular weight is 207 g/mol. The summed E-state index contributed by atoms with van der Waals surface area (Å²) in [5.41, 5.74) is 6.40. The summed E-state index contributed by atoms with van der Waals surface area (Å²) in [5.74, 6) is 2.43. The van der Waals surface area contributed by atoms with Crippen LogP contribution in [0.1, 0.15) is 19.3 Å². The average Bonchev–Trinajstić information content (AvgIpc) is 3.02. The van der Waals surface area contributed by atoms with Gasteiger partial charge in [-0.25, -0.2) is 0 Å². The van der Waals surface area contributed by atoms with Crippen LogP contribution in [0.3, 0.4) is 0 Å². The molecule has 1 aromatic carbocycles. The largest absolute Gasteiger partial charge is 0.495 e. The second-order valence-corrected chi connectivity index (χ2v) is 3.98. The molecule has 15 heavy (non-hydrogen) atoms. The van der Waals surface area contributed by atoms with E-state index in [2.05, 4.69) is 0 Å². The lowest BCUT2D eigenvalue weighted by atomic mass is 10.3. The first-order valence-electron chi connectivity index (χ1n) is 5.36. The molecule has 0 unspecified atom stereocenters. The molecule has 1 aliphatic carbocycles. The lowest BCUT2D eigenvalue weighted by Crippen LogP contribution is -1.99. The second kappa shape index (κ2) is 4.43. The molecular formula is C12H17NO2. The van der Waals surface area contributed by atoms with E-state index in [1.807, 2.05) is 18.2 Å². The van der Waals surface area contributed by atoms with Crippen molar-refractivity contribution in [3.63, 3.8) is 0 Å². The first-order valence-corrected chi connectivity index (χ1v) is 5.36. The number of nitrogens with two attached hydrogens (primary N) is 1. The molecule has 1 fully saturated rings. The van der Waals surface area contributed by atoms with Crippen molar-refractivity contribution in [2.75, 3.05) is 19.5 Å². The van der Waals surface area contributed by atoms with Crippen LogP contribution in [0, 0.1) is 5.92 Å². The van der Waals surface area contributed by atoms with Gasteiger partial charge in [-0.2, -0.15) is 0 Å². The Hall–Kier alpha value is -1.38. The fraction of sp³-hybridized carbons (Fsp3) is 0.500. The highest BCUT2D eigenvalue weighted by atomic mass is 16.5. The van der Waals surface area contributed by atoms with Crippen molar-refractivity contribution in [3.05, 3.63) is 18.2 Å². The van der Waals surface area contributed by atoms with Crippen LogP contribution in [0.2, 0.25) is 0 Å². The van der Waals surface area contributed by atoms with Crippen LogP contribution in [0.5, 0.6) is 11.5 Å². The van der Waals surface area contributed by atoms with Crippen LogP contribution in [-0.2, 0) is 0 Å². The van der Waals surface area contributed by atoms with Crippen molar-refractivity contribution in [2.45, 2.75) is 19.3 Å². The zero-order chi connectivity index (χ0) is 10.7. The van der Waals surface area contributed by atoms with Crippen molar-refractivity contribution >= 4 is 5.69 Å². The smallest absolute Gasteiger partial charge is 0.142 e. The molecule has 0 atom stereocenters. The van der Waals surface area contributed by atoms with Gasteiger partial charge in [0.2, 0.25) is 0 Å². The number of hydrogen-bond donors (Lipinski definition) is 1. The molecule has 1 saturated carbocycles. The summed E-state index contributed by atoms with van der Waals surface area (Å²) in [6, 6.07) is 5.54. The van der Waals surface area contributed by atoms with Crippen LogP contribution in [0.15, 0.2) is 18.2 Å². The normalized spacial score (nSPS) is 15.0. The molecule has 3 nitrogen and oxygen atoms in total. The standard InChI is InChI=1S/C12H17NO2/c1-14-12-5-4-10(8-11(12)13)15-7-6-9-2-3-9/h4-5,8-9H,2-3,6-7,13H2,1H3. The van der Waals surface area contributed by atoms with Gasteiger partial charge in [0, 0.05) is 6.07 Å². The van der Waals surface area contributed by atoms with E-state index in [4.69, 9.17) is 15.2 Å². The Kier molecular flexibility index (Phi) is 2.99. The fourth-order valence-electron chi connectivity index (χ4n) is 1.55. The van der Waals surface area contributed by atoms with Crippen molar-refractivity contribution in [3.8, 4) is 11.5 Å². The predicted molar refractivity (Wildman–Crippen MR) is 60.2 cm³/mol. The van der Waals surface area contributed by atoms with Crippen LogP contribution < -0.4 is 15.2 Å². The van der Waals surface area contributed by atoms with E-state index in [1.165, 1.54) is 12.8 Å². The summed E-state index contributed by atoms with van der Waals surface area (Å²) in [4.78, 5) is 0. The van der Waals surface area contributed by atoms with Crippen molar-refractivity contribution in [1.82, 2.24) is 0 Å². The molecule has 2 N–H and O–H groups in total. The van der Waals surface area contributed by atoms with E-state index in [1.54, 1.807) is 7.11 Å². The van der Waals surface area contributed by atoms with Crippen molar-refractivity contribution in [2.24, 2.45) is 5.92 Å². The summed E-state index contributed by atoms with van der Waals surface area (Å²) in [6.07, 6.45) is 3.90. The summed E-state index contributed by atoms with van der Waals surface area (Å²) in [7, 11) is 1.61. The second-order valence-electron chi connectivity index (χ2n) is 3.98. The Balaban J connectivity index is 1.87. The fourth-order valence-corrected chi connectivity index (χ4v) is 1.55. The number of methoxy groups -OCH3 is 1. The zero-order valence-electron chi connectivity index (χ0n) is 9.03. The van der Waals surface area contributed by atoms with Crippen LogP contribution >= 0.6 is 0 Å². The molecule has 0 heterocycles. The lowest BCUT2D eigenvalue weighted by Gasteiger charge is -2.08. The molecule has 0 spiro atoms. The quantitative estimate of drug-likeness (QED) is 0.754. The number of rotatable bonds is 5. The predicted octanol–water partition coefficient (Wildman–Crippen LogP) is 2.46. The number of benzene rings is 1. The third-order valence-electron chi connectivity index (χ3n) is 2.69. The molecule has 0 saturated heterocycles. The van der Waals surface area contributed by atoms with E-state index in [9.17, 15) is 0 Å². The van der Waals surface area contributed by atoms with Gasteiger partial charge in [0.15, 0.2) is 0 Å². The maximum absolute atomic E-state index is 5.77. The van der Waals surface area contributed by atoms with Gasteiger partial charge in [-0.1, -0.05) is 12.8 Å². The van der Waals surface area contributed by atoms with Gasteiger partial charge in [-0.15, -0.1) is 0 Å². The SMILES string of the molecule is COc1ccc(OCCC2CC2)cc1N. The number of hydrogen-bond acceptors (Lipinski definition) is 3. The molecule has 1 aromatic rings. The van der Waals surface area contributed by atoms with E-state index in [-0.39, 0.29) is 0 Å². The van der Waals surface area contributed by atoms with Gasteiger partial charge >= 0.3 is 0 Å². The minimum absolute atomic E-state index is 0.626. The summed E-state index contributed by atoms with van der Waals surface area (Å²) in [5, 5.41) is 0. The Morgan fingerprint density at radius 3 is 2.80 bits per heavy atom. The molecule has 0 amide bonds. The molecule has 82 valence electrons. The van der Waals surface area contributed by atoms with Gasteiger partial charge in [0.1, 0.15) is 11.5 Å². The molecule has 2 rings (SSSR count). The van der Waals surface area contributed by atoms with Crippen LogP contribution in [-0.4, -0.2) is 13.7 Å². The molecule has 1 aliphatic rings. The summed E-state index contributed by atoms with van der Waals surface area (Å²) in [6.45, 7) is 0.788. The molecule has 3 heteroatoms. The highest BCUT2D eigenvalue weighted by Gasteiger charge is 2.20. The molecule has 0 bridgehead atoms. The maximum Gasteiger partial charge on any atom is 0.142 e. The summed E-state index contributed by atoms with van der Waals surface area (Å²) < 4.78 is 10.7. The highest BCUT2D eigenvalue weighted by Crippen LogP contribution is 2.32. The Morgan fingerprint density at radius 1 is 1.40 bits per heavy atom. The Labute approximate surface area is 90.2 Å². The first kappa shape index (κ1) is 10.1. The Bertz CT molecular complexity index is 334. The Morgan fingerprint density at radius 2 is 2.20 bits per heavy atom. The van der Waals surface area contributed by atoms with Crippen LogP contribution in [0.4, 0.5) is 5.69 Å². The monoisotopic (exact) mass is 207 g/mol. The van der Waals surface area contributed by atoms with Gasteiger partial charge in [-0.05, 0) is 24.5 Å². The van der Waals surface area contributed by atoms with Crippen LogP contribution in [0.25, 0.3) is 0 Å². The van der Waals surface area contributed by atoms with Crippen molar-refractivity contribution < 1.29 is 9.47 Å². The third-order valence-corrected chi connectivity index (χ3v) is 2.69. The number of anilines is 1. The number of ether oxygens (including phenoxy) is 2. The van der Waals surface area contributed by atoms with E-state index < -0.39 is 0 Å². The van der Waals surface area contributed by atoms with Gasteiger partial charge < -0.3 is 15.2 Å². The van der Waals surface area contributed by atoms with Gasteiger partial charge in [0.05, 0.1) is 19.4 Å². The highest BCUT2D eigenvalue weighted by molar-refractivity contribution is 5.56. The molecule has 0 aromatic heterocycles. The molecule has 0 radical (unpaired) electrons. The third kappa shape index (κ3) is 2.78. The minimum atomic E-state index is 0.626. The first-order chi connectivity index (χ1) is 7.29. The maximum atomic E-state index is 5.77. The minimum Gasteiger partial charge on any atom is -0.495 e. The zero-order valence-corrected chi connectivity index (χ0v) is 9.03. The van der Waals surface area contributed by atoms with E-state index in [0.29, 0.717) is 11.4 Å². The van der Waals surface area contributed by atoms with E-state index in [0.717, 1.165) is 24.7 Å².